The number of hydrogen-bond acceptors (Lipinski definition) is 2. The fourth-order valence-corrected chi connectivity index (χ4v) is 2.64. The molecule has 0 aromatic carbocycles. The third-order valence-corrected chi connectivity index (χ3v) is 3.39. The van der Waals surface area contributed by atoms with Crippen LogP contribution in [0.25, 0.3) is 0 Å². The van der Waals surface area contributed by atoms with E-state index in [1.807, 2.05) is 6.20 Å². The van der Waals surface area contributed by atoms with Crippen LogP contribution in [0.3, 0.4) is 0 Å². The SMILES string of the molecule is Cc1cnc(CN2CCCCC2)n1C(C)C. The van der Waals surface area contributed by atoms with Gasteiger partial charge in [0.25, 0.3) is 0 Å². The molecule has 0 saturated carbocycles. The van der Waals surface area contributed by atoms with Crippen LogP contribution in [0.15, 0.2) is 6.20 Å². The molecular formula is C13H23N3. The first-order chi connectivity index (χ1) is 7.68. The number of piperidine rings is 1. The highest BCUT2D eigenvalue weighted by Crippen LogP contribution is 2.17. The molecule has 0 amide bonds. The van der Waals surface area contributed by atoms with Crippen molar-refractivity contribution in [3.63, 3.8) is 0 Å². The van der Waals surface area contributed by atoms with E-state index in [1.165, 1.54) is 43.9 Å². The van der Waals surface area contributed by atoms with Crippen LogP contribution >= 0.6 is 0 Å². The van der Waals surface area contributed by atoms with E-state index in [0.29, 0.717) is 6.04 Å². The van der Waals surface area contributed by atoms with Crippen molar-refractivity contribution < 1.29 is 0 Å². The van der Waals surface area contributed by atoms with E-state index in [4.69, 9.17) is 0 Å². The van der Waals surface area contributed by atoms with E-state index in [2.05, 4.69) is 35.2 Å². The first-order valence-corrected chi connectivity index (χ1v) is 6.43. The topological polar surface area (TPSA) is 21.1 Å². The van der Waals surface area contributed by atoms with Gasteiger partial charge in [-0.25, -0.2) is 4.98 Å². The molecule has 0 spiro atoms. The maximum atomic E-state index is 4.55. The van der Waals surface area contributed by atoms with Gasteiger partial charge < -0.3 is 4.57 Å². The summed E-state index contributed by atoms with van der Waals surface area (Å²) >= 11 is 0. The number of rotatable bonds is 3. The van der Waals surface area contributed by atoms with E-state index >= 15 is 0 Å². The Labute approximate surface area is 98.5 Å². The Kier molecular flexibility index (Phi) is 3.64. The minimum Gasteiger partial charge on any atom is -0.329 e. The molecule has 3 heteroatoms. The van der Waals surface area contributed by atoms with Gasteiger partial charge in [-0.2, -0.15) is 0 Å². The second-order valence-electron chi connectivity index (χ2n) is 5.12. The van der Waals surface area contributed by atoms with Crippen molar-refractivity contribution in [2.24, 2.45) is 0 Å². The molecule has 1 aromatic heterocycles. The molecule has 1 aromatic rings. The standard InChI is InChI=1S/C13H23N3/c1-11(2)16-12(3)9-14-13(16)10-15-7-5-4-6-8-15/h9,11H,4-8,10H2,1-3H3. The number of aryl methyl sites for hydroxylation is 1. The zero-order valence-electron chi connectivity index (χ0n) is 10.7. The highest BCUT2D eigenvalue weighted by atomic mass is 15.2. The Morgan fingerprint density at radius 1 is 1.25 bits per heavy atom. The lowest BCUT2D eigenvalue weighted by Crippen LogP contribution is -2.30. The Hall–Kier alpha value is -0.830. The molecule has 1 aliphatic rings. The summed E-state index contributed by atoms with van der Waals surface area (Å²) in [4.78, 5) is 7.08. The highest BCUT2D eigenvalue weighted by molar-refractivity contribution is 5.05. The minimum absolute atomic E-state index is 0.516. The molecule has 1 aliphatic heterocycles. The van der Waals surface area contributed by atoms with Crippen LogP contribution in [0.2, 0.25) is 0 Å². The van der Waals surface area contributed by atoms with E-state index in [-0.39, 0.29) is 0 Å². The average Bonchev–Trinajstić information content (AvgIpc) is 2.61. The van der Waals surface area contributed by atoms with Gasteiger partial charge in [0.15, 0.2) is 0 Å². The summed E-state index contributed by atoms with van der Waals surface area (Å²) in [5, 5.41) is 0. The van der Waals surface area contributed by atoms with Crippen LogP contribution in [-0.4, -0.2) is 27.5 Å². The van der Waals surface area contributed by atoms with Crippen LogP contribution < -0.4 is 0 Å². The Morgan fingerprint density at radius 3 is 2.56 bits per heavy atom. The lowest BCUT2D eigenvalue weighted by molar-refractivity contribution is 0.212. The van der Waals surface area contributed by atoms with Gasteiger partial charge in [0, 0.05) is 17.9 Å². The Morgan fingerprint density at radius 2 is 1.94 bits per heavy atom. The van der Waals surface area contributed by atoms with Gasteiger partial charge in [-0.3, -0.25) is 4.90 Å². The first kappa shape index (κ1) is 11.6. The monoisotopic (exact) mass is 221 g/mol. The molecule has 0 unspecified atom stereocenters. The highest BCUT2D eigenvalue weighted by Gasteiger charge is 2.15. The third kappa shape index (κ3) is 2.46. The molecule has 1 fully saturated rings. The van der Waals surface area contributed by atoms with Gasteiger partial charge in [-0.05, 0) is 46.7 Å². The van der Waals surface area contributed by atoms with Crippen LogP contribution in [-0.2, 0) is 6.54 Å². The maximum absolute atomic E-state index is 4.55. The van der Waals surface area contributed by atoms with Gasteiger partial charge in [0.05, 0.1) is 6.54 Å². The smallest absolute Gasteiger partial charge is 0.123 e. The lowest BCUT2D eigenvalue weighted by Gasteiger charge is -2.27. The Bertz CT molecular complexity index is 335. The van der Waals surface area contributed by atoms with E-state index in [1.54, 1.807) is 0 Å². The van der Waals surface area contributed by atoms with E-state index in [0.717, 1.165) is 6.54 Å². The molecule has 2 heterocycles. The van der Waals surface area contributed by atoms with Crippen LogP contribution in [0.5, 0.6) is 0 Å². The summed E-state index contributed by atoms with van der Waals surface area (Å²) in [6.45, 7) is 10.1. The van der Waals surface area contributed by atoms with Crippen molar-refractivity contribution in [3.05, 3.63) is 17.7 Å². The third-order valence-electron chi connectivity index (χ3n) is 3.39. The number of likely N-dealkylation sites (tertiary alicyclic amines) is 1. The second kappa shape index (κ2) is 5.00. The first-order valence-electron chi connectivity index (χ1n) is 6.43. The number of aromatic nitrogens is 2. The van der Waals surface area contributed by atoms with Crippen molar-refractivity contribution in [2.45, 2.75) is 52.6 Å². The molecule has 0 aliphatic carbocycles. The maximum Gasteiger partial charge on any atom is 0.123 e. The quantitative estimate of drug-likeness (QED) is 0.782. The average molecular weight is 221 g/mol. The zero-order chi connectivity index (χ0) is 11.5. The van der Waals surface area contributed by atoms with Gasteiger partial charge in [-0.1, -0.05) is 6.42 Å². The van der Waals surface area contributed by atoms with Crippen molar-refractivity contribution in [3.8, 4) is 0 Å². The van der Waals surface area contributed by atoms with Crippen molar-refractivity contribution >= 4 is 0 Å². The molecule has 0 bridgehead atoms. The fraction of sp³-hybridized carbons (Fsp3) is 0.769. The molecule has 0 N–H and O–H groups in total. The van der Waals surface area contributed by atoms with Crippen molar-refractivity contribution in [1.82, 2.24) is 14.5 Å². The molecule has 0 atom stereocenters. The largest absolute Gasteiger partial charge is 0.329 e. The zero-order valence-corrected chi connectivity index (χ0v) is 10.7. The van der Waals surface area contributed by atoms with Gasteiger partial charge in [0.1, 0.15) is 5.82 Å². The van der Waals surface area contributed by atoms with Gasteiger partial charge in [-0.15, -0.1) is 0 Å². The molecule has 16 heavy (non-hydrogen) atoms. The van der Waals surface area contributed by atoms with E-state index in [9.17, 15) is 0 Å². The number of nitrogens with zero attached hydrogens (tertiary/aromatic N) is 3. The van der Waals surface area contributed by atoms with Crippen LogP contribution in [0.1, 0.15) is 50.7 Å². The lowest BCUT2D eigenvalue weighted by atomic mass is 10.1. The minimum atomic E-state index is 0.516. The van der Waals surface area contributed by atoms with Crippen molar-refractivity contribution in [2.75, 3.05) is 13.1 Å². The second-order valence-corrected chi connectivity index (χ2v) is 5.12. The molecule has 1 saturated heterocycles. The predicted octanol–water partition coefficient (Wildman–Crippen LogP) is 2.76. The molecular weight excluding hydrogens is 198 g/mol. The fourth-order valence-electron chi connectivity index (χ4n) is 2.64. The summed E-state index contributed by atoms with van der Waals surface area (Å²) < 4.78 is 2.36. The van der Waals surface area contributed by atoms with Crippen molar-refractivity contribution in [1.29, 1.82) is 0 Å². The summed E-state index contributed by atoms with van der Waals surface area (Å²) in [6.07, 6.45) is 6.09. The number of imidazole rings is 1. The normalized spacial score (nSPS) is 18.2. The van der Waals surface area contributed by atoms with Gasteiger partial charge in [0.2, 0.25) is 0 Å². The molecule has 0 radical (unpaired) electrons. The number of hydrogen-bond donors (Lipinski definition) is 0. The summed E-state index contributed by atoms with van der Waals surface area (Å²) in [7, 11) is 0. The molecule has 2 rings (SSSR count). The molecule has 3 nitrogen and oxygen atoms in total. The predicted molar refractivity (Wildman–Crippen MR) is 66.5 cm³/mol. The van der Waals surface area contributed by atoms with Crippen LogP contribution in [0.4, 0.5) is 0 Å². The van der Waals surface area contributed by atoms with E-state index < -0.39 is 0 Å². The van der Waals surface area contributed by atoms with Gasteiger partial charge >= 0.3 is 0 Å². The summed E-state index contributed by atoms with van der Waals surface area (Å²) in [6, 6.07) is 0.516. The summed E-state index contributed by atoms with van der Waals surface area (Å²) in [5.41, 5.74) is 1.28. The summed E-state index contributed by atoms with van der Waals surface area (Å²) in [5.74, 6) is 1.23. The van der Waals surface area contributed by atoms with Crippen LogP contribution in [0, 0.1) is 6.92 Å². The molecule has 90 valence electrons. The Balaban J connectivity index is 2.08.